The Bertz CT molecular complexity index is 1100. The zero-order valence-electron chi connectivity index (χ0n) is 18.5. The smallest absolute Gasteiger partial charge is 0.409 e. The molecule has 3 aromatic rings. The molecule has 2 amide bonds. The number of hydrogen-bond acceptors (Lipinski definition) is 6. The second-order valence-electron chi connectivity index (χ2n) is 8.64. The van der Waals surface area contributed by atoms with Crippen molar-refractivity contribution in [3.63, 3.8) is 0 Å². The monoisotopic (exact) mass is 449 g/mol. The average molecular weight is 450 g/mol. The highest BCUT2D eigenvalue weighted by molar-refractivity contribution is 5.94. The lowest BCUT2D eigenvalue weighted by Gasteiger charge is -2.25. The SMILES string of the molecule is CN(C(=O)c1ccc(-c2nc3ccccc3o2)cc1)[C@@H]1CC[C@H](NC(=O)O[C@@H]2CCCO2)C1. The van der Waals surface area contributed by atoms with E-state index in [4.69, 9.17) is 13.9 Å². The number of fused-ring (bicyclic) bond motifs is 1. The first kappa shape index (κ1) is 21.5. The van der Waals surface area contributed by atoms with Crippen LogP contribution in [0.1, 0.15) is 42.5 Å². The average Bonchev–Trinajstić information content (AvgIpc) is 3.59. The number of nitrogens with zero attached hydrogens (tertiary/aromatic N) is 2. The number of nitrogens with one attached hydrogen (secondary N) is 1. The first-order valence-corrected chi connectivity index (χ1v) is 11.4. The van der Waals surface area contributed by atoms with Gasteiger partial charge in [0.05, 0.1) is 6.61 Å². The number of carbonyl (C=O) groups is 2. The molecule has 2 heterocycles. The molecule has 0 bridgehead atoms. The quantitative estimate of drug-likeness (QED) is 0.622. The minimum absolute atomic E-state index is 0.0133. The first-order chi connectivity index (χ1) is 16.1. The van der Waals surface area contributed by atoms with E-state index in [1.54, 1.807) is 17.0 Å². The van der Waals surface area contributed by atoms with Crippen LogP contribution in [0.25, 0.3) is 22.6 Å². The standard InChI is InChI=1S/C25H27N3O5/c1-28(19-13-12-18(15-19)26-25(30)33-22-7-4-14-31-22)24(29)17-10-8-16(9-11-17)23-27-20-5-2-3-6-21(20)32-23/h2-3,5-6,8-11,18-19,22H,4,7,12-15H2,1H3,(H,26,30)/t18-,19+,22+/m0/s1. The maximum absolute atomic E-state index is 13.0. The largest absolute Gasteiger partial charge is 0.436 e. The van der Waals surface area contributed by atoms with E-state index in [0.717, 1.165) is 42.3 Å². The molecule has 1 aromatic heterocycles. The van der Waals surface area contributed by atoms with Crippen molar-refractivity contribution in [2.45, 2.75) is 50.5 Å². The highest BCUT2D eigenvalue weighted by Crippen LogP contribution is 2.27. The lowest BCUT2D eigenvalue weighted by molar-refractivity contribution is -0.0685. The third-order valence-corrected chi connectivity index (χ3v) is 6.39. The lowest BCUT2D eigenvalue weighted by atomic mass is 10.1. The van der Waals surface area contributed by atoms with E-state index in [1.807, 2.05) is 43.4 Å². The summed E-state index contributed by atoms with van der Waals surface area (Å²) in [6, 6.07) is 15.0. The van der Waals surface area contributed by atoms with Gasteiger partial charge in [0.1, 0.15) is 5.52 Å². The minimum Gasteiger partial charge on any atom is -0.436 e. The van der Waals surface area contributed by atoms with Crippen molar-refractivity contribution in [2.24, 2.45) is 0 Å². The van der Waals surface area contributed by atoms with Gasteiger partial charge in [0.15, 0.2) is 5.58 Å². The van der Waals surface area contributed by atoms with Crippen molar-refractivity contribution in [1.29, 1.82) is 0 Å². The predicted octanol–water partition coefficient (Wildman–Crippen LogP) is 4.35. The van der Waals surface area contributed by atoms with Crippen molar-refractivity contribution in [3.05, 3.63) is 54.1 Å². The molecule has 0 spiro atoms. The summed E-state index contributed by atoms with van der Waals surface area (Å²) < 4.78 is 16.4. The van der Waals surface area contributed by atoms with Gasteiger partial charge in [-0.25, -0.2) is 9.78 Å². The van der Waals surface area contributed by atoms with Crippen LogP contribution in [0, 0.1) is 0 Å². The van der Waals surface area contributed by atoms with E-state index in [1.165, 1.54) is 0 Å². The number of carbonyl (C=O) groups excluding carboxylic acids is 2. The number of alkyl carbamates (subject to hydrolysis) is 1. The van der Waals surface area contributed by atoms with Gasteiger partial charge < -0.3 is 24.1 Å². The fourth-order valence-corrected chi connectivity index (χ4v) is 4.52. The van der Waals surface area contributed by atoms with E-state index in [9.17, 15) is 9.59 Å². The van der Waals surface area contributed by atoms with Crippen LogP contribution in [0.3, 0.4) is 0 Å². The van der Waals surface area contributed by atoms with Gasteiger partial charge in [-0.3, -0.25) is 4.79 Å². The van der Waals surface area contributed by atoms with Crippen LogP contribution in [-0.2, 0) is 9.47 Å². The highest BCUT2D eigenvalue weighted by Gasteiger charge is 2.32. The Morgan fingerprint density at radius 1 is 1.09 bits per heavy atom. The topological polar surface area (TPSA) is 93.9 Å². The Morgan fingerprint density at radius 2 is 1.91 bits per heavy atom. The summed E-state index contributed by atoms with van der Waals surface area (Å²) in [6.45, 7) is 0.631. The van der Waals surface area contributed by atoms with Crippen LogP contribution < -0.4 is 5.32 Å². The van der Waals surface area contributed by atoms with Gasteiger partial charge in [-0.15, -0.1) is 0 Å². The lowest BCUT2D eigenvalue weighted by Crippen LogP contribution is -2.39. The summed E-state index contributed by atoms with van der Waals surface area (Å²) in [5, 5.41) is 2.91. The van der Waals surface area contributed by atoms with Crippen LogP contribution in [0.15, 0.2) is 52.9 Å². The summed E-state index contributed by atoms with van der Waals surface area (Å²) >= 11 is 0. The van der Waals surface area contributed by atoms with Crippen molar-refractivity contribution in [2.75, 3.05) is 13.7 Å². The van der Waals surface area contributed by atoms with Crippen molar-refractivity contribution < 1.29 is 23.5 Å². The summed E-state index contributed by atoms with van der Waals surface area (Å²) in [6.07, 6.45) is 3.09. The molecule has 8 nitrogen and oxygen atoms in total. The minimum atomic E-state index is -0.448. The molecule has 0 radical (unpaired) electrons. The zero-order valence-corrected chi connectivity index (χ0v) is 18.5. The molecule has 172 valence electrons. The van der Waals surface area contributed by atoms with E-state index < -0.39 is 12.4 Å². The van der Waals surface area contributed by atoms with E-state index in [-0.39, 0.29) is 18.0 Å². The third kappa shape index (κ3) is 4.71. The molecule has 2 fully saturated rings. The van der Waals surface area contributed by atoms with Gasteiger partial charge in [0, 0.05) is 36.7 Å². The number of oxazole rings is 1. The second-order valence-corrected chi connectivity index (χ2v) is 8.64. The number of aromatic nitrogens is 1. The molecule has 2 aromatic carbocycles. The molecule has 0 unspecified atom stereocenters. The van der Waals surface area contributed by atoms with Crippen LogP contribution >= 0.6 is 0 Å². The molecule has 33 heavy (non-hydrogen) atoms. The number of rotatable bonds is 5. The van der Waals surface area contributed by atoms with Gasteiger partial charge in [-0.1, -0.05) is 12.1 Å². The van der Waals surface area contributed by atoms with Crippen LogP contribution in [0.5, 0.6) is 0 Å². The van der Waals surface area contributed by atoms with Gasteiger partial charge >= 0.3 is 6.09 Å². The van der Waals surface area contributed by atoms with E-state index in [2.05, 4.69) is 10.3 Å². The molecule has 8 heteroatoms. The Kier molecular flexibility index (Phi) is 6.00. The molecule has 1 saturated carbocycles. The van der Waals surface area contributed by atoms with Crippen LogP contribution in [-0.4, -0.2) is 53.9 Å². The van der Waals surface area contributed by atoms with E-state index in [0.29, 0.717) is 24.5 Å². The Labute approximate surface area is 191 Å². The van der Waals surface area contributed by atoms with Gasteiger partial charge in [0.2, 0.25) is 12.2 Å². The molecule has 1 aliphatic carbocycles. The van der Waals surface area contributed by atoms with Gasteiger partial charge in [-0.05, 0) is 62.1 Å². The third-order valence-electron chi connectivity index (χ3n) is 6.39. The normalized spacial score (nSPS) is 22.4. The summed E-state index contributed by atoms with van der Waals surface area (Å²) in [5.74, 6) is 0.481. The predicted molar refractivity (Wildman–Crippen MR) is 122 cm³/mol. The molecule has 2 aliphatic rings. The molecular weight excluding hydrogens is 422 g/mol. The number of benzene rings is 2. The maximum atomic E-state index is 13.0. The number of para-hydroxylation sites is 2. The number of hydrogen-bond donors (Lipinski definition) is 1. The summed E-state index contributed by atoms with van der Waals surface area (Å²) in [4.78, 5) is 31.4. The molecule has 1 N–H and O–H groups in total. The second kappa shape index (κ2) is 9.23. The highest BCUT2D eigenvalue weighted by atomic mass is 16.7. The Morgan fingerprint density at radius 3 is 2.67 bits per heavy atom. The Hall–Kier alpha value is -3.39. The zero-order chi connectivity index (χ0) is 22.8. The fraction of sp³-hybridized carbons (Fsp3) is 0.400. The van der Waals surface area contributed by atoms with Gasteiger partial charge in [-0.2, -0.15) is 0 Å². The van der Waals surface area contributed by atoms with Crippen molar-refractivity contribution in [1.82, 2.24) is 15.2 Å². The fourth-order valence-electron chi connectivity index (χ4n) is 4.52. The van der Waals surface area contributed by atoms with Crippen LogP contribution in [0.4, 0.5) is 4.79 Å². The van der Waals surface area contributed by atoms with E-state index >= 15 is 0 Å². The molecule has 1 aliphatic heterocycles. The maximum Gasteiger partial charge on any atom is 0.409 e. The molecular formula is C25H27N3O5. The molecule has 5 rings (SSSR count). The summed E-state index contributed by atoms with van der Waals surface area (Å²) in [5.41, 5.74) is 2.96. The van der Waals surface area contributed by atoms with Gasteiger partial charge in [0.25, 0.3) is 5.91 Å². The van der Waals surface area contributed by atoms with Crippen LogP contribution in [0.2, 0.25) is 0 Å². The first-order valence-electron chi connectivity index (χ1n) is 11.4. The summed E-state index contributed by atoms with van der Waals surface area (Å²) in [7, 11) is 1.81. The Balaban J connectivity index is 1.17. The molecule has 1 saturated heterocycles. The van der Waals surface area contributed by atoms with Crippen molar-refractivity contribution >= 4 is 23.1 Å². The molecule has 3 atom stereocenters. The number of amides is 2. The van der Waals surface area contributed by atoms with Crippen molar-refractivity contribution in [3.8, 4) is 11.5 Å². The number of ether oxygens (including phenoxy) is 2.